The summed E-state index contributed by atoms with van der Waals surface area (Å²) in [5, 5.41) is 7.00. The van der Waals surface area contributed by atoms with Crippen LogP contribution in [0.4, 0.5) is 15.9 Å². The minimum absolute atomic E-state index is 0.286. The zero-order chi connectivity index (χ0) is 13.2. The molecule has 1 aromatic heterocycles. The molecule has 19 heavy (non-hydrogen) atoms. The number of fused-ring (bicyclic) bond motifs is 1. The third-order valence-corrected chi connectivity index (χ3v) is 3.52. The standard InChI is InChI=1S/C13H13FN4S/c1-19-13-17-11-7-15-6-8(11)12(18-13)16-10-5-3-2-4-9(10)14/h2-5,15H,6-7H2,1H3,(H,16,17,18). The van der Waals surface area contributed by atoms with E-state index in [0.29, 0.717) is 23.2 Å². The van der Waals surface area contributed by atoms with Crippen LogP contribution in [0.25, 0.3) is 0 Å². The van der Waals surface area contributed by atoms with Crippen LogP contribution in [0.5, 0.6) is 0 Å². The van der Waals surface area contributed by atoms with Gasteiger partial charge >= 0.3 is 0 Å². The van der Waals surface area contributed by atoms with Crippen LogP contribution >= 0.6 is 11.8 Å². The highest BCUT2D eigenvalue weighted by Crippen LogP contribution is 2.27. The summed E-state index contributed by atoms with van der Waals surface area (Å²) in [5.74, 6) is 0.399. The fourth-order valence-corrected chi connectivity index (χ4v) is 2.41. The molecule has 0 spiro atoms. The number of hydrogen-bond acceptors (Lipinski definition) is 5. The predicted molar refractivity (Wildman–Crippen MR) is 74.0 cm³/mol. The van der Waals surface area contributed by atoms with Gasteiger partial charge in [0.05, 0.1) is 11.4 Å². The summed E-state index contributed by atoms with van der Waals surface area (Å²) in [6.45, 7) is 1.44. The van der Waals surface area contributed by atoms with E-state index in [1.165, 1.54) is 17.8 Å². The fraction of sp³-hybridized carbons (Fsp3) is 0.231. The first-order valence-electron chi connectivity index (χ1n) is 5.94. The molecule has 0 saturated heterocycles. The number of rotatable bonds is 3. The topological polar surface area (TPSA) is 49.8 Å². The molecule has 1 aliphatic rings. The molecule has 0 atom stereocenters. The van der Waals surface area contributed by atoms with Crippen LogP contribution in [0, 0.1) is 5.82 Å². The molecule has 4 nitrogen and oxygen atoms in total. The molecule has 0 bridgehead atoms. The third-order valence-electron chi connectivity index (χ3n) is 2.98. The maximum absolute atomic E-state index is 13.7. The molecule has 0 saturated carbocycles. The Hall–Kier alpha value is -1.66. The SMILES string of the molecule is CSc1nc2c(c(Nc3ccccc3F)n1)CNC2. The van der Waals surface area contributed by atoms with Crippen molar-refractivity contribution in [1.82, 2.24) is 15.3 Å². The van der Waals surface area contributed by atoms with Crippen LogP contribution in [0.1, 0.15) is 11.3 Å². The Kier molecular flexibility index (Phi) is 3.35. The van der Waals surface area contributed by atoms with E-state index < -0.39 is 0 Å². The maximum atomic E-state index is 13.7. The van der Waals surface area contributed by atoms with Crippen molar-refractivity contribution in [1.29, 1.82) is 0 Å². The van der Waals surface area contributed by atoms with E-state index in [9.17, 15) is 4.39 Å². The van der Waals surface area contributed by atoms with Gasteiger partial charge in [-0.1, -0.05) is 23.9 Å². The van der Waals surface area contributed by atoms with Gasteiger partial charge in [0.15, 0.2) is 5.16 Å². The summed E-state index contributed by atoms with van der Waals surface area (Å²) < 4.78 is 13.7. The van der Waals surface area contributed by atoms with Crippen molar-refractivity contribution in [2.45, 2.75) is 18.2 Å². The molecular weight excluding hydrogens is 263 g/mol. The van der Waals surface area contributed by atoms with E-state index in [1.807, 2.05) is 6.26 Å². The number of thioether (sulfide) groups is 1. The van der Waals surface area contributed by atoms with E-state index in [-0.39, 0.29) is 5.82 Å². The van der Waals surface area contributed by atoms with Gasteiger partial charge in [0.25, 0.3) is 0 Å². The molecule has 2 heterocycles. The van der Waals surface area contributed by atoms with Gasteiger partial charge in [0.2, 0.25) is 0 Å². The highest BCUT2D eigenvalue weighted by Gasteiger charge is 2.19. The fourth-order valence-electron chi connectivity index (χ4n) is 2.03. The van der Waals surface area contributed by atoms with E-state index in [4.69, 9.17) is 0 Å². The molecule has 1 aliphatic heterocycles. The normalized spacial score (nSPS) is 13.4. The number of anilines is 2. The monoisotopic (exact) mass is 276 g/mol. The van der Waals surface area contributed by atoms with Gasteiger partial charge in [0.1, 0.15) is 11.6 Å². The highest BCUT2D eigenvalue weighted by molar-refractivity contribution is 7.98. The van der Waals surface area contributed by atoms with Crippen LogP contribution in [-0.2, 0) is 13.1 Å². The predicted octanol–water partition coefficient (Wildman–Crippen LogP) is 2.68. The Morgan fingerprint density at radius 1 is 1.26 bits per heavy atom. The van der Waals surface area contributed by atoms with E-state index in [1.54, 1.807) is 18.2 Å². The van der Waals surface area contributed by atoms with Gasteiger partial charge in [0, 0.05) is 18.7 Å². The number of halogens is 1. The maximum Gasteiger partial charge on any atom is 0.189 e. The Morgan fingerprint density at radius 3 is 2.89 bits per heavy atom. The molecule has 98 valence electrons. The van der Waals surface area contributed by atoms with Crippen molar-refractivity contribution in [3.8, 4) is 0 Å². The zero-order valence-corrected chi connectivity index (χ0v) is 11.2. The Balaban J connectivity index is 2.01. The number of benzene rings is 1. The summed E-state index contributed by atoms with van der Waals surface area (Å²) in [6, 6.07) is 6.59. The average Bonchev–Trinajstić information content (AvgIpc) is 2.89. The summed E-state index contributed by atoms with van der Waals surface area (Å²) in [5.41, 5.74) is 2.43. The molecule has 1 aromatic carbocycles. The number of hydrogen-bond donors (Lipinski definition) is 2. The summed E-state index contributed by atoms with van der Waals surface area (Å²) in [4.78, 5) is 8.89. The smallest absolute Gasteiger partial charge is 0.189 e. The Bertz CT molecular complexity index is 618. The average molecular weight is 276 g/mol. The number of nitrogens with one attached hydrogen (secondary N) is 2. The van der Waals surface area contributed by atoms with Crippen molar-refractivity contribution in [3.63, 3.8) is 0 Å². The van der Waals surface area contributed by atoms with Gasteiger partial charge in [-0.15, -0.1) is 0 Å². The first-order valence-corrected chi connectivity index (χ1v) is 7.16. The summed E-state index contributed by atoms with van der Waals surface area (Å²) in [6.07, 6.45) is 1.93. The van der Waals surface area contributed by atoms with Crippen molar-refractivity contribution >= 4 is 23.3 Å². The van der Waals surface area contributed by atoms with Crippen LogP contribution in [-0.4, -0.2) is 16.2 Å². The van der Waals surface area contributed by atoms with E-state index in [0.717, 1.165) is 17.8 Å². The second-order valence-electron chi connectivity index (χ2n) is 4.19. The molecule has 6 heteroatoms. The summed E-state index contributed by atoms with van der Waals surface area (Å²) >= 11 is 1.48. The molecule has 0 radical (unpaired) electrons. The number of para-hydroxylation sites is 1. The minimum atomic E-state index is -0.286. The lowest BCUT2D eigenvalue weighted by Crippen LogP contribution is -2.04. The first-order chi connectivity index (χ1) is 9.28. The molecule has 2 aromatic rings. The molecule has 3 rings (SSSR count). The lowest BCUT2D eigenvalue weighted by atomic mass is 10.2. The molecular formula is C13H13FN4S. The van der Waals surface area contributed by atoms with Crippen molar-refractivity contribution < 1.29 is 4.39 Å². The first kappa shape index (κ1) is 12.4. The number of aromatic nitrogens is 2. The second kappa shape index (κ2) is 5.14. The molecule has 0 amide bonds. The van der Waals surface area contributed by atoms with Gasteiger partial charge in [-0.3, -0.25) is 0 Å². The van der Waals surface area contributed by atoms with E-state index in [2.05, 4.69) is 20.6 Å². The van der Waals surface area contributed by atoms with Crippen LogP contribution in [0.3, 0.4) is 0 Å². The molecule has 0 aliphatic carbocycles. The van der Waals surface area contributed by atoms with Gasteiger partial charge in [-0.25, -0.2) is 14.4 Å². The van der Waals surface area contributed by atoms with Crippen molar-refractivity contribution in [2.75, 3.05) is 11.6 Å². The number of nitrogens with zero attached hydrogens (tertiary/aromatic N) is 2. The van der Waals surface area contributed by atoms with Crippen molar-refractivity contribution in [3.05, 3.63) is 41.3 Å². The molecule has 0 fully saturated rings. The third kappa shape index (κ3) is 2.41. The van der Waals surface area contributed by atoms with Gasteiger partial charge in [-0.2, -0.15) is 0 Å². The van der Waals surface area contributed by atoms with Gasteiger partial charge in [-0.05, 0) is 18.4 Å². The van der Waals surface area contributed by atoms with Gasteiger partial charge < -0.3 is 10.6 Å². The zero-order valence-electron chi connectivity index (χ0n) is 10.4. The van der Waals surface area contributed by atoms with Crippen LogP contribution < -0.4 is 10.6 Å². The largest absolute Gasteiger partial charge is 0.337 e. The lowest BCUT2D eigenvalue weighted by molar-refractivity contribution is 0.631. The quantitative estimate of drug-likeness (QED) is 0.667. The van der Waals surface area contributed by atoms with Crippen molar-refractivity contribution in [2.24, 2.45) is 0 Å². The second-order valence-corrected chi connectivity index (χ2v) is 4.97. The highest BCUT2D eigenvalue weighted by atomic mass is 32.2. The molecule has 2 N–H and O–H groups in total. The van der Waals surface area contributed by atoms with Crippen LogP contribution in [0.15, 0.2) is 29.4 Å². The lowest BCUT2D eigenvalue weighted by Gasteiger charge is -2.11. The van der Waals surface area contributed by atoms with E-state index >= 15 is 0 Å². The minimum Gasteiger partial charge on any atom is -0.337 e. The summed E-state index contributed by atoms with van der Waals surface area (Å²) in [7, 11) is 0. The van der Waals surface area contributed by atoms with Crippen LogP contribution in [0.2, 0.25) is 0 Å². The Morgan fingerprint density at radius 2 is 2.11 bits per heavy atom. The Labute approximate surface area is 114 Å². The molecule has 0 unspecified atom stereocenters.